The number of aryl methyl sites for hydroxylation is 1. The molecule has 1 amide bonds. The summed E-state index contributed by atoms with van der Waals surface area (Å²) in [5.41, 5.74) is 0.688. The third-order valence-corrected chi connectivity index (χ3v) is 5.94. The first kappa shape index (κ1) is 20.9. The number of rotatable bonds is 4. The lowest BCUT2D eigenvalue weighted by atomic mass is 9.95. The van der Waals surface area contributed by atoms with Crippen molar-refractivity contribution in [1.29, 1.82) is 0 Å². The highest BCUT2D eigenvalue weighted by Gasteiger charge is 2.29. The molecule has 0 bridgehead atoms. The number of hydrogen-bond donors (Lipinski definition) is 0. The van der Waals surface area contributed by atoms with Crippen LogP contribution in [-0.2, 0) is 4.74 Å². The van der Waals surface area contributed by atoms with Crippen LogP contribution in [0.5, 0.6) is 0 Å². The molecular weight excluding hydrogens is 385 g/mol. The van der Waals surface area contributed by atoms with E-state index in [2.05, 4.69) is 28.8 Å². The van der Waals surface area contributed by atoms with Gasteiger partial charge in [0.25, 0.3) is 5.91 Å². The topological polar surface area (TPSA) is 63.5 Å². The van der Waals surface area contributed by atoms with Gasteiger partial charge in [0.15, 0.2) is 0 Å². The second kappa shape index (κ2) is 8.81. The number of benzene rings is 1. The number of piperidine rings is 1. The van der Waals surface area contributed by atoms with Crippen LogP contribution >= 0.6 is 0 Å². The standard InChI is InChI=1S/C22H30FN5O2/c1-15-12-26(13-16(2)30-15)14-18-8-10-27(11-9-18)22(29)21-24-17(3)28(25-21)20-6-4-19(23)5-7-20/h4-7,15-16,18H,8-14H2,1-3H3. The molecule has 2 unspecified atom stereocenters. The summed E-state index contributed by atoms with van der Waals surface area (Å²) in [4.78, 5) is 21.6. The van der Waals surface area contributed by atoms with E-state index in [1.165, 1.54) is 12.1 Å². The lowest BCUT2D eigenvalue weighted by molar-refractivity contribution is -0.0729. The van der Waals surface area contributed by atoms with Crippen molar-refractivity contribution in [2.75, 3.05) is 32.7 Å². The average molecular weight is 416 g/mol. The number of aromatic nitrogens is 3. The van der Waals surface area contributed by atoms with Crippen LogP contribution in [0.4, 0.5) is 4.39 Å². The molecule has 7 nitrogen and oxygen atoms in total. The van der Waals surface area contributed by atoms with Crippen LogP contribution in [0.25, 0.3) is 5.69 Å². The Bertz CT molecular complexity index is 866. The van der Waals surface area contributed by atoms with Gasteiger partial charge in [-0.2, -0.15) is 0 Å². The average Bonchev–Trinajstić information content (AvgIpc) is 3.09. The number of amides is 1. The number of carbonyl (C=O) groups excluding carboxylic acids is 1. The van der Waals surface area contributed by atoms with Gasteiger partial charge in [-0.3, -0.25) is 9.69 Å². The molecule has 0 aliphatic carbocycles. The van der Waals surface area contributed by atoms with Crippen LogP contribution in [0.1, 0.15) is 43.1 Å². The molecular formula is C22H30FN5O2. The summed E-state index contributed by atoms with van der Waals surface area (Å²) in [7, 11) is 0. The molecule has 2 saturated heterocycles. The SMILES string of the molecule is Cc1nc(C(=O)N2CCC(CN3CC(C)OC(C)C3)CC2)nn1-c1ccc(F)cc1. The van der Waals surface area contributed by atoms with E-state index in [0.29, 0.717) is 17.4 Å². The number of likely N-dealkylation sites (tertiary alicyclic amines) is 1. The minimum absolute atomic E-state index is 0.133. The van der Waals surface area contributed by atoms with Crippen molar-refractivity contribution in [3.05, 3.63) is 41.7 Å². The van der Waals surface area contributed by atoms with Crippen molar-refractivity contribution < 1.29 is 13.9 Å². The molecule has 8 heteroatoms. The molecule has 1 aromatic heterocycles. The molecule has 0 radical (unpaired) electrons. The van der Waals surface area contributed by atoms with Crippen LogP contribution in [0.2, 0.25) is 0 Å². The van der Waals surface area contributed by atoms with Crippen molar-refractivity contribution in [2.24, 2.45) is 5.92 Å². The quantitative estimate of drug-likeness (QED) is 0.768. The molecule has 0 N–H and O–H groups in total. The molecule has 162 valence electrons. The van der Waals surface area contributed by atoms with Crippen LogP contribution in [-0.4, -0.2) is 75.4 Å². The minimum Gasteiger partial charge on any atom is -0.373 e. The molecule has 30 heavy (non-hydrogen) atoms. The van der Waals surface area contributed by atoms with Crippen molar-refractivity contribution in [2.45, 2.75) is 45.8 Å². The fourth-order valence-electron chi connectivity index (χ4n) is 4.57. The Labute approximate surface area is 176 Å². The van der Waals surface area contributed by atoms with E-state index < -0.39 is 0 Å². The van der Waals surface area contributed by atoms with Crippen molar-refractivity contribution >= 4 is 5.91 Å². The highest BCUT2D eigenvalue weighted by molar-refractivity contribution is 5.90. The molecule has 2 fully saturated rings. The van der Waals surface area contributed by atoms with Gasteiger partial charge in [-0.15, -0.1) is 5.10 Å². The largest absolute Gasteiger partial charge is 0.373 e. The van der Waals surface area contributed by atoms with Gasteiger partial charge in [-0.05, 0) is 63.8 Å². The van der Waals surface area contributed by atoms with Crippen LogP contribution in [0.15, 0.2) is 24.3 Å². The maximum Gasteiger partial charge on any atom is 0.293 e. The Morgan fingerprint density at radius 2 is 1.77 bits per heavy atom. The van der Waals surface area contributed by atoms with Gasteiger partial charge in [0, 0.05) is 32.7 Å². The van der Waals surface area contributed by atoms with Gasteiger partial charge in [-0.25, -0.2) is 14.1 Å². The summed E-state index contributed by atoms with van der Waals surface area (Å²) in [6.07, 6.45) is 2.54. The molecule has 2 aromatic rings. The molecule has 2 aliphatic rings. The lowest BCUT2D eigenvalue weighted by Crippen LogP contribution is -2.48. The van der Waals surface area contributed by atoms with E-state index in [9.17, 15) is 9.18 Å². The van der Waals surface area contributed by atoms with Gasteiger partial charge in [0.2, 0.25) is 5.82 Å². The molecule has 2 atom stereocenters. The van der Waals surface area contributed by atoms with E-state index in [1.807, 2.05) is 4.90 Å². The smallest absolute Gasteiger partial charge is 0.293 e. The van der Waals surface area contributed by atoms with E-state index in [-0.39, 0.29) is 29.8 Å². The second-order valence-corrected chi connectivity index (χ2v) is 8.58. The Hall–Kier alpha value is -2.32. The third-order valence-electron chi connectivity index (χ3n) is 5.94. The summed E-state index contributed by atoms with van der Waals surface area (Å²) in [5, 5.41) is 4.38. The number of carbonyl (C=O) groups is 1. The minimum atomic E-state index is -0.309. The summed E-state index contributed by atoms with van der Waals surface area (Å²) in [5.74, 6) is 0.960. The van der Waals surface area contributed by atoms with E-state index in [0.717, 1.165) is 45.6 Å². The predicted molar refractivity (Wildman–Crippen MR) is 111 cm³/mol. The number of morpholine rings is 1. The second-order valence-electron chi connectivity index (χ2n) is 8.58. The van der Waals surface area contributed by atoms with E-state index in [4.69, 9.17) is 4.74 Å². The number of hydrogen-bond acceptors (Lipinski definition) is 5. The van der Waals surface area contributed by atoms with Gasteiger partial charge < -0.3 is 9.64 Å². The first-order valence-electron chi connectivity index (χ1n) is 10.8. The number of nitrogens with zero attached hydrogens (tertiary/aromatic N) is 5. The van der Waals surface area contributed by atoms with Gasteiger partial charge in [0.1, 0.15) is 11.6 Å². The summed E-state index contributed by atoms with van der Waals surface area (Å²) in [6.45, 7) is 10.5. The Morgan fingerprint density at radius 1 is 1.13 bits per heavy atom. The van der Waals surface area contributed by atoms with Crippen molar-refractivity contribution in [3.63, 3.8) is 0 Å². The predicted octanol–water partition coefficient (Wildman–Crippen LogP) is 2.68. The first-order valence-corrected chi connectivity index (χ1v) is 10.8. The van der Waals surface area contributed by atoms with Gasteiger partial charge in [0.05, 0.1) is 17.9 Å². The summed E-state index contributed by atoms with van der Waals surface area (Å²) in [6, 6.07) is 6.01. The Morgan fingerprint density at radius 3 is 2.40 bits per heavy atom. The maximum absolute atomic E-state index is 13.2. The molecule has 0 saturated carbocycles. The monoisotopic (exact) mass is 415 g/mol. The molecule has 2 aliphatic heterocycles. The maximum atomic E-state index is 13.2. The van der Waals surface area contributed by atoms with Gasteiger partial charge >= 0.3 is 0 Å². The summed E-state index contributed by atoms with van der Waals surface area (Å²) < 4.78 is 20.6. The lowest BCUT2D eigenvalue weighted by Gasteiger charge is -2.39. The zero-order valence-electron chi connectivity index (χ0n) is 17.9. The zero-order valence-corrected chi connectivity index (χ0v) is 17.9. The zero-order chi connectivity index (χ0) is 21.3. The van der Waals surface area contributed by atoms with Gasteiger partial charge in [-0.1, -0.05) is 0 Å². The van der Waals surface area contributed by atoms with E-state index in [1.54, 1.807) is 23.7 Å². The normalized spacial score (nSPS) is 23.7. The molecule has 1 aromatic carbocycles. The fraction of sp³-hybridized carbons (Fsp3) is 0.591. The fourth-order valence-corrected chi connectivity index (χ4v) is 4.57. The number of halogens is 1. The van der Waals surface area contributed by atoms with Crippen molar-refractivity contribution in [3.8, 4) is 5.69 Å². The Kier molecular flexibility index (Phi) is 6.15. The van der Waals surface area contributed by atoms with Crippen LogP contribution < -0.4 is 0 Å². The van der Waals surface area contributed by atoms with Crippen LogP contribution in [0.3, 0.4) is 0 Å². The number of ether oxygens (including phenoxy) is 1. The van der Waals surface area contributed by atoms with E-state index >= 15 is 0 Å². The highest BCUT2D eigenvalue weighted by atomic mass is 19.1. The highest BCUT2D eigenvalue weighted by Crippen LogP contribution is 2.22. The van der Waals surface area contributed by atoms with Crippen LogP contribution in [0, 0.1) is 18.7 Å². The molecule has 3 heterocycles. The third kappa shape index (κ3) is 4.70. The van der Waals surface area contributed by atoms with Crippen molar-refractivity contribution in [1.82, 2.24) is 24.6 Å². The Balaban J connectivity index is 1.34. The first-order chi connectivity index (χ1) is 14.4. The molecule has 4 rings (SSSR count). The summed E-state index contributed by atoms with van der Waals surface area (Å²) >= 11 is 0. The molecule has 0 spiro atoms.